The lowest BCUT2D eigenvalue weighted by Gasteiger charge is -2.38. The van der Waals surface area contributed by atoms with Gasteiger partial charge in [0.25, 0.3) is 0 Å². The number of fused-ring (bicyclic) bond motifs is 1. The lowest BCUT2D eigenvalue weighted by Crippen LogP contribution is -2.36. The van der Waals surface area contributed by atoms with Crippen LogP contribution in [-0.2, 0) is 4.79 Å². The van der Waals surface area contributed by atoms with E-state index in [9.17, 15) is 4.79 Å². The molecule has 8 heteroatoms. The highest BCUT2D eigenvalue weighted by atomic mass is 32.2. The van der Waals surface area contributed by atoms with Crippen molar-refractivity contribution in [1.29, 1.82) is 0 Å². The standard InChI is InChI=1S/C20H24N4O3S/c1-20(2)9-12-15(13(25)10-20)16(24-18(21-12)22-19(23-24)28-5)11-7-6-8-14(26-3)17(11)27-4/h6-8,16H,9-10H2,1-5H3,(H,21,22,23). The smallest absolute Gasteiger partial charge is 0.227 e. The van der Waals surface area contributed by atoms with E-state index in [2.05, 4.69) is 29.2 Å². The Morgan fingerprint density at radius 3 is 2.71 bits per heavy atom. The number of hydrogen-bond acceptors (Lipinski definition) is 7. The molecule has 0 fully saturated rings. The number of ketones is 1. The van der Waals surface area contributed by atoms with Gasteiger partial charge in [-0.2, -0.15) is 4.98 Å². The van der Waals surface area contributed by atoms with Crippen molar-refractivity contribution < 1.29 is 14.3 Å². The van der Waals surface area contributed by atoms with Crippen molar-refractivity contribution in [2.45, 2.75) is 37.9 Å². The van der Waals surface area contributed by atoms with Crippen molar-refractivity contribution in [2.75, 3.05) is 25.8 Å². The second kappa shape index (κ2) is 6.84. The van der Waals surface area contributed by atoms with E-state index < -0.39 is 6.04 Å². The number of para-hydroxylation sites is 1. The minimum absolute atomic E-state index is 0.101. The molecular weight excluding hydrogens is 376 g/mol. The van der Waals surface area contributed by atoms with Gasteiger partial charge in [-0.05, 0) is 24.2 Å². The largest absolute Gasteiger partial charge is 0.493 e. The van der Waals surface area contributed by atoms with E-state index >= 15 is 0 Å². The molecule has 1 aliphatic heterocycles. The van der Waals surface area contributed by atoms with E-state index in [-0.39, 0.29) is 11.2 Å². The highest BCUT2D eigenvalue weighted by Gasteiger charge is 2.43. The minimum atomic E-state index is -0.409. The van der Waals surface area contributed by atoms with E-state index in [1.807, 2.05) is 24.5 Å². The van der Waals surface area contributed by atoms with Crippen LogP contribution >= 0.6 is 11.8 Å². The molecule has 1 aromatic heterocycles. The molecule has 2 aliphatic rings. The van der Waals surface area contributed by atoms with Gasteiger partial charge in [0, 0.05) is 23.3 Å². The van der Waals surface area contributed by atoms with Gasteiger partial charge in [-0.15, -0.1) is 5.10 Å². The molecule has 1 N–H and O–H groups in total. The zero-order chi connectivity index (χ0) is 20.1. The van der Waals surface area contributed by atoms with Crippen LogP contribution in [-0.4, -0.2) is 41.0 Å². The predicted molar refractivity (Wildman–Crippen MR) is 108 cm³/mol. The third-order valence-electron chi connectivity index (χ3n) is 5.22. The summed E-state index contributed by atoms with van der Waals surface area (Å²) in [4.78, 5) is 17.8. The van der Waals surface area contributed by atoms with Crippen LogP contribution in [0.25, 0.3) is 0 Å². The number of hydrogen-bond donors (Lipinski definition) is 1. The molecule has 1 atom stereocenters. The topological polar surface area (TPSA) is 78.3 Å². The Morgan fingerprint density at radius 2 is 2.04 bits per heavy atom. The van der Waals surface area contributed by atoms with Crippen LogP contribution in [0.2, 0.25) is 0 Å². The lowest BCUT2D eigenvalue weighted by molar-refractivity contribution is -0.118. The Balaban J connectivity index is 1.97. The summed E-state index contributed by atoms with van der Waals surface area (Å²) in [6.45, 7) is 4.23. The van der Waals surface area contributed by atoms with Crippen molar-refractivity contribution in [3.05, 3.63) is 35.0 Å². The molecule has 0 bridgehead atoms. The maximum Gasteiger partial charge on any atom is 0.227 e. The lowest BCUT2D eigenvalue weighted by atomic mass is 9.73. The molecule has 28 heavy (non-hydrogen) atoms. The SMILES string of the molecule is COc1cccc(C2C3=C(CC(C)(C)CC3=O)Nc3nc(SC)nn32)c1OC. The number of allylic oxidation sites excluding steroid dienone is 2. The van der Waals surface area contributed by atoms with Crippen molar-refractivity contribution in [3.8, 4) is 11.5 Å². The van der Waals surface area contributed by atoms with Gasteiger partial charge in [-0.1, -0.05) is 37.7 Å². The van der Waals surface area contributed by atoms with Gasteiger partial charge in [0.1, 0.15) is 6.04 Å². The monoisotopic (exact) mass is 400 g/mol. The quantitative estimate of drug-likeness (QED) is 0.785. The number of benzene rings is 1. The van der Waals surface area contributed by atoms with Gasteiger partial charge < -0.3 is 14.8 Å². The maximum absolute atomic E-state index is 13.2. The van der Waals surface area contributed by atoms with Crippen molar-refractivity contribution in [1.82, 2.24) is 14.8 Å². The molecule has 4 rings (SSSR count). The summed E-state index contributed by atoms with van der Waals surface area (Å²) in [6, 6.07) is 5.30. The number of carbonyl (C=O) groups is 1. The van der Waals surface area contributed by atoms with Crippen LogP contribution in [0.1, 0.15) is 38.3 Å². The molecule has 148 valence electrons. The second-order valence-electron chi connectivity index (χ2n) is 7.81. The predicted octanol–water partition coefficient (Wildman–Crippen LogP) is 3.68. The number of methoxy groups -OCH3 is 2. The van der Waals surface area contributed by atoms with Crippen LogP contribution in [0.4, 0.5) is 5.95 Å². The van der Waals surface area contributed by atoms with Crippen LogP contribution in [0.3, 0.4) is 0 Å². The number of nitrogens with zero attached hydrogens (tertiary/aromatic N) is 3. The van der Waals surface area contributed by atoms with Crippen LogP contribution in [0.5, 0.6) is 11.5 Å². The molecule has 0 saturated carbocycles. The second-order valence-corrected chi connectivity index (χ2v) is 8.58. The average molecular weight is 401 g/mol. The molecule has 2 aromatic rings. The summed E-state index contributed by atoms with van der Waals surface area (Å²) in [5.74, 6) is 1.99. The molecule has 7 nitrogen and oxygen atoms in total. The molecule has 0 radical (unpaired) electrons. The third kappa shape index (κ3) is 2.96. The Labute approximate surface area is 168 Å². The highest BCUT2D eigenvalue weighted by molar-refractivity contribution is 7.98. The number of Topliss-reactive ketones (excluding diaryl/α,β-unsaturated/α-hetero) is 1. The van der Waals surface area contributed by atoms with E-state index in [0.717, 1.165) is 23.3 Å². The van der Waals surface area contributed by atoms with Crippen LogP contribution in [0.15, 0.2) is 34.6 Å². The molecular formula is C20H24N4O3S. The van der Waals surface area contributed by atoms with Crippen molar-refractivity contribution in [2.24, 2.45) is 5.41 Å². The van der Waals surface area contributed by atoms with Gasteiger partial charge in [0.2, 0.25) is 11.1 Å². The molecule has 1 aromatic carbocycles. The fraction of sp³-hybridized carbons (Fsp3) is 0.450. The van der Waals surface area contributed by atoms with Gasteiger partial charge in [-0.25, -0.2) is 4.68 Å². The molecule has 2 heterocycles. The number of aromatic nitrogens is 3. The van der Waals surface area contributed by atoms with Gasteiger partial charge in [-0.3, -0.25) is 4.79 Å². The highest BCUT2D eigenvalue weighted by Crippen LogP contribution is 2.48. The van der Waals surface area contributed by atoms with Crippen LogP contribution < -0.4 is 14.8 Å². The Morgan fingerprint density at radius 1 is 1.25 bits per heavy atom. The normalized spacial score (nSPS) is 20.3. The minimum Gasteiger partial charge on any atom is -0.493 e. The summed E-state index contributed by atoms with van der Waals surface area (Å²) in [7, 11) is 3.22. The molecule has 0 amide bonds. The number of carbonyl (C=O) groups excluding carboxylic acids is 1. The number of ether oxygens (including phenoxy) is 2. The first-order valence-corrected chi connectivity index (χ1v) is 10.4. The Hall–Kier alpha value is -2.48. The number of anilines is 1. The average Bonchev–Trinajstić information content (AvgIpc) is 3.07. The summed E-state index contributed by atoms with van der Waals surface area (Å²) >= 11 is 1.47. The van der Waals surface area contributed by atoms with Gasteiger partial charge in [0.05, 0.1) is 14.2 Å². The summed E-state index contributed by atoms with van der Waals surface area (Å²) in [6.07, 6.45) is 3.21. The molecule has 0 saturated heterocycles. The fourth-order valence-electron chi connectivity index (χ4n) is 4.09. The summed E-state index contributed by atoms with van der Waals surface area (Å²) < 4.78 is 13.0. The maximum atomic E-state index is 13.2. The first kappa shape index (κ1) is 18.9. The van der Waals surface area contributed by atoms with E-state index in [1.165, 1.54) is 11.8 Å². The zero-order valence-electron chi connectivity index (χ0n) is 16.7. The number of thioether (sulfide) groups is 1. The molecule has 0 spiro atoms. The summed E-state index contributed by atoms with van der Waals surface area (Å²) in [5.41, 5.74) is 2.39. The van der Waals surface area contributed by atoms with E-state index in [1.54, 1.807) is 18.9 Å². The van der Waals surface area contributed by atoms with Crippen LogP contribution in [0, 0.1) is 5.41 Å². The van der Waals surface area contributed by atoms with Crippen molar-refractivity contribution >= 4 is 23.5 Å². The summed E-state index contributed by atoms with van der Waals surface area (Å²) in [5, 5.41) is 8.66. The van der Waals surface area contributed by atoms with Gasteiger partial charge in [0.15, 0.2) is 17.3 Å². The van der Waals surface area contributed by atoms with Gasteiger partial charge >= 0.3 is 0 Å². The van der Waals surface area contributed by atoms with E-state index in [0.29, 0.717) is 29.0 Å². The third-order valence-corrected chi connectivity index (χ3v) is 5.76. The molecule has 1 aliphatic carbocycles. The zero-order valence-corrected chi connectivity index (χ0v) is 17.5. The first-order chi connectivity index (χ1) is 13.4. The first-order valence-electron chi connectivity index (χ1n) is 9.13. The number of nitrogens with one attached hydrogen (secondary N) is 1. The Kier molecular flexibility index (Phi) is 4.61. The fourth-order valence-corrected chi connectivity index (χ4v) is 4.44. The van der Waals surface area contributed by atoms with Crippen molar-refractivity contribution in [3.63, 3.8) is 0 Å². The number of rotatable bonds is 4. The molecule has 1 unspecified atom stereocenters. The van der Waals surface area contributed by atoms with E-state index in [4.69, 9.17) is 9.47 Å². The Bertz CT molecular complexity index is 980.